The summed E-state index contributed by atoms with van der Waals surface area (Å²) in [6.07, 6.45) is 1.27. The molecule has 0 heterocycles. The fourth-order valence-corrected chi connectivity index (χ4v) is 1.65. The van der Waals surface area contributed by atoms with Crippen LogP contribution in [0.15, 0.2) is 0 Å². The van der Waals surface area contributed by atoms with Crippen molar-refractivity contribution in [3.05, 3.63) is 0 Å². The summed E-state index contributed by atoms with van der Waals surface area (Å²) in [4.78, 5) is 0. The molecule has 0 spiro atoms. The Balaban J connectivity index is 4.25. The Bertz CT molecular complexity index is 116. The van der Waals surface area contributed by atoms with Gasteiger partial charge in [-0.2, -0.15) is 0 Å². The van der Waals surface area contributed by atoms with Gasteiger partial charge in [-0.1, -0.05) is 41.0 Å². The van der Waals surface area contributed by atoms with Gasteiger partial charge in [0.05, 0.1) is 0 Å². The van der Waals surface area contributed by atoms with Gasteiger partial charge in [0.1, 0.15) is 0 Å². The Hall–Kier alpha value is -0.0400. The first-order valence-electron chi connectivity index (χ1n) is 5.11. The Kier molecular flexibility index (Phi) is 4.84. The third kappa shape index (κ3) is 2.78. The second-order valence-corrected chi connectivity index (χ2v) is 4.64. The average Bonchev–Trinajstić information content (AvgIpc) is 1.99. The van der Waals surface area contributed by atoms with Gasteiger partial charge in [0.25, 0.3) is 0 Å². The average molecular weight is 171 g/mol. The fourth-order valence-electron chi connectivity index (χ4n) is 1.65. The molecular weight excluding hydrogens is 146 g/mol. The van der Waals surface area contributed by atoms with Crippen molar-refractivity contribution in [1.29, 1.82) is 0 Å². The maximum Gasteiger partial charge on any atom is -0.00184 e. The molecule has 0 radical (unpaired) electrons. The van der Waals surface area contributed by atoms with Crippen LogP contribution in [-0.2, 0) is 0 Å². The van der Waals surface area contributed by atoms with Crippen molar-refractivity contribution < 1.29 is 0 Å². The van der Waals surface area contributed by atoms with Gasteiger partial charge >= 0.3 is 0 Å². The SMILES string of the molecule is CCC(CNC)C(C)(C)C(C)C. The predicted octanol–water partition coefficient (Wildman–Crippen LogP) is 2.91. The van der Waals surface area contributed by atoms with E-state index in [1.54, 1.807) is 0 Å². The highest BCUT2D eigenvalue weighted by molar-refractivity contribution is 4.81. The summed E-state index contributed by atoms with van der Waals surface area (Å²) in [6.45, 7) is 12.8. The lowest BCUT2D eigenvalue weighted by Gasteiger charge is -2.37. The van der Waals surface area contributed by atoms with Gasteiger partial charge in [-0.15, -0.1) is 0 Å². The van der Waals surface area contributed by atoms with Crippen molar-refractivity contribution in [2.24, 2.45) is 17.3 Å². The molecule has 0 amide bonds. The van der Waals surface area contributed by atoms with Crippen molar-refractivity contribution in [3.8, 4) is 0 Å². The summed E-state index contributed by atoms with van der Waals surface area (Å²) < 4.78 is 0. The summed E-state index contributed by atoms with van der Waals surface area (Å²) in [5.74, 6) is 1.55. The molecule has 1 atom stereocenters. The van der Waals surface area contributed by atoms with Crippen molar-refractivity contribution >= 4 is 0 Å². The van der Waals surface area contributed by atoms with E-state index in [4.69, 9.17) is 0 Å². The second-order valence-electron chi connectivity index (χ2n) is 4.64. The van der Waals surface area contributed by atoms with Crippen LogP contribution in [0.1, 0.15) is 41.0 Å². The molecule has 74 valence electrons. The summed E-state index contributed by atoms with van der Waals surface area (Å²) in [7, 11) is 2.04. The van der Waals surface area contributed by atoms with Crippen LogP contribution < -0.4 is 5.32 Å². The van der Waals surface area contributed by atoms with Gasteiger partial charge in [0, 0.05) is 0 Å². The molecule has 0 aromatic heterocycles. The van der Waals surface area contributed by atoms with E-state index in [2.05, 4.69) is 39.9 Å². The number of nitrogens with one attached hydrogen (secondary N) is 1. The molecule has 0 bridgehead atoms. The van der Waals surface area contributed by atoms with Gasteiger partial charge in [-0.3, -0.25) is 0 Å². The number of hydrogen-bond donors (Lipinski definition) is 1. The second kappa shape index (κ2) is 4.86. The van der Waals surface area contributed by atoms with Crippen LogP contribution in [0.5, 0.6) is 0 Å². The van der Waals surface area contributed by atoms with Crippen LogP contribution in [0, 0.1) is 17.3 Å². The molecule has 0 aromatic carbocycles. The summed E-state index contributed by atoms with van der Waals surface area (Å²) in [5.41, 5.74) is 0.456. The molecule has 0 fully saturated rings. The maximum atomic E-state index is 3.28. The van der Waals surface area contributed by atoms with E-state index >= 15 is 0 Å². The number of rotatable bonds is 5. The van der Waals surface area contributed by atoms with Crippen molar-refractivity contribution in [3.63, 3.8) is 0 Å². The monoisotopic (exact) mass is 171 g/mol. The standard InChI is InChI=1S/C11H25N/c1-7-10(8-12-6)11(4,5)9(2)3/h9-10,12H,7-8H2,1-6H3. The first-order chi connectivity index (χ1) is 5.46. The van der Waals surface area contributed by atoms with Crippen LogP contribution in [0.25, 0.3) is 0 Å². The van der Waals surface area contributed by atoms with Crippen LogP contribution in [-0.4, -0.2) is 13.6 Å². The zero-order chi connectivity index (χ0) is 9.78. The molecular formula is C11H25N. The topological polar surface area (TPSA) is 12.0 Å². The molecule has 1 heteroatoms. The predicted molar refractivity (Wildman–Crippen MR) is 56.3 cm³/mol. The first-order valence-corrected chi connectivity index (χ1v) is 5.11. The highest BCUT2D eigenvalue weighted by Crippen LogP contribution is 2.36. The Morgan fingerprint density at radius 3 is 2.00 bits per heavy atom. The van der Waals surface area contributed by atoms with Crippen LogP contribution >= 0.6 is 0 Å². The fraction of sp³-hybridized carbons (Fsp3) is 1.00. The minimum absolute atomic E-state index is 0.456. The minimum atomic E-state index is 0.456. The summed E-state index contributed by atoms with van der Waals surface area (Å²) in [6, 6.07) is 0. The van der Waals surface area contributed by atoms with E-state index < -0.39 is 0 Å². The van der Waals surface area contributed by atoms with Crippen molar-refractivity contribution in [1.82, 2.24) is 5.32 Å². The molecule has 0 saturated carbocycles. The van der Waals surface area contributed by atoms with Gasteiger partial charge in [0.15, 0.2) is 0 Å². The summed E-state index contributed by atoms with van der Waals surface area (Å²) in [5, 5.41) is 3.28. The highest BCUT2D eigenvalue weighted by atomic mass is 14.8. The van der Waals surface area contributed by atoms with E-state index in [9.17, 15) is 0 Å². The molecule has 0 rings (SSSR count). The quantitative estimate of drug-likeness (QED) is 0.670. The van der Waals surface area contributed by atoms with E-state index in [1.165, 1.54) is 6.42 Å². The van der Waals surface area contributed by atoms with Crippen LogP contribution in [0.4, 0.5) is 0 Å². The Morgan fingerprint density at radius 2 is 1.75 bits per heavy atom. The molecule has 0 aliphatic carbocycles. The lowest BCUT2D eigenvalue weighted by molar-refractivity contribution is 0.133. The Morgan fingerprint density at radius 1 is 1.25 bits per heavy atom. The van der Waals surface area contributed by atoms with E-state index in [1.807, 2.05) is 7.05 Å². The third-order valence-electron chi connectivity index (χ3n) is 3.48. The molecule has 1 unspecified atom stereocenters. The zero-order valence-corrected chi connectivity index (χ0v) is 9.57. The van der Waals surface area contributed by atoms with Crippen LogP contribution in [0.2, 0.25) is 0 Å². The third-order valence-corrected chi connectivity index (χ3v) is 3.48. The first kappa shape index (κ1) is 12.0. The highest BCUT2D eigenvalue weighted by Gasteiger charge is 2.30. The van der Waals surface area contributed by atoms with E-state index in [0.717, 1.165) is 18.4 Å². The van der Waals surface area contributed by atoms with E-state index in [-0.39, 0.29) is 0 Å². The molecule has 1 nitrogen and oxygen atoms in total. The minimum Gasteiger partial charge on any atom is -0.319 e. The normalized spacial score (nSPS) is 15.2. The largest absolute Gasteiger partial charge is 0.319 e. The van der Waals surface area contributed by atoms with Gasteiger partial charge in [-0.25, -0.2) is 0 Å². The lowest BCUT2D eigenvalue weighted by Crippen LogP contribution is -2.35. The maximum absolute atomic E-state index is 3.28. The lowest BCUT2D eigenvalue weighted by atomic mass is 9.69. The number of hydrogen-bond acceptors (Lipinski definition) is 1. The summed E-state index contributed by atoms with van der Waals surface area (Å²) >= 11 is 0. The molecule has 12 heavy (non-hydrogen) atoms. The van der Waals surface area contributed by atoms with Gasteiger partial charge in [-0.05, 0) is 30.8 Å². The van der Waals surface area contributed by atoms with E-state index in [0.29, 0.717) is 5.41 Å². The molecule has 0 saturated heterocycles. The smallest absolute Gasteiger partial charge is 0.00184 e. The Labute approximate surface area is 77.9 Å². The van der Waals surface area contributed by atoms with Crippen molar-refractivity contribution in [2.75, 3.05) is 13.6 Å². The van der Waals surface area contributed by atoms with Crippen LogP contribution in [0.3, 0.4) is 0 Å². The zero-order valence-electron chi connectivity index (χ0n) is 9.57. The van der Waals surface area contributed by atoms with Gasteiger partial charge in [0.2, 0.25) is 0 Å². The molecule has 1 N–H and O–H groups in total. The molecule has 0 aromatic rings. The molecule has 0 aliphatic rings. The molecule has 0 aliphatic heterocycles. The van der Waals surface area contributed by atoms with Crippen molar-refractivity contribution in [2.45, 2.75) is 41.0 Å². The van der Waals surface area contributed by atoms with Gasteiger partial charge < -0.3 is 5.32 Å².